The van der Waals surface area contributed by atoms with E-state index in [9.17, 15) is 0 Å². The van der Waals surface area contributed by atoms with Gasteiger partial charge in [0.25, 0.3) is 0 Å². The largest absolute Gasteiger partial charge is 0.494 e. The van der Waals surface area contributed by atoms with Gasteiger partial charge in [0.1, 0.15) is 5.75 Å². The topological polar surface area (TPSA) is 21.6 Å². The van der Waals surface area contributed by atoms with E-state index in [2.05, 4.69) is 68.5 Å². The minimum Gasteiger partial charge on any atom is -0.494 e. The summed E-state index contributed by atoms with van der Waals surface area (Å²) in [5.41, 5.74) is 6.12. The van der Waals surface area contributed by atoms with Crippen LogP contribution in [0.4, 0.5) is 0 Å². The first-order valence-corrected chi connectivity index (χ1v) is 8.81. The first kappa shape index (κ1) is 16.5. The van der Waals surface area contributed by atoms with Crippen molar-refractivity contribution in [2.45, 2.75) is 33.1 Å². The minimum atomic E-state index is 0.795. The molecule has 0 saturated heterocycles. The van der Waals surface area contributed by atoms with Crippen LogP contribution in [0.1, 0.15) is 42.0 Å². The molecule has 0 N–H and O–H groups in total. The van der Waals surface area contributed by atoms with E-state index in [1.807, 2.05) is 0 Å². The number of rotatable bonds is 6. The maximum absolute atomic E-state index is 5.83. The zero-order valence-corrected chi connectivity index (χ0v) is 14.6. The van der Waals surface area contributed by atoms with Crippen molar-refractivity contribution in [3.8, 4) is 5.75 Å². The normalized spacial score (nSPS) is 13.7. The summed E-state index contributed by atoms with van der Waals surface area (Å²) in [5.74, 6) is 0.978. The van der Waals surface area contributed by atoms with Crippen molar-refractivity contribution in [1.29, 1.82) is 0 Å². The second-order valence-electron chi connectivity index (χ2n) is 6.28. The maximum Gasteiger partial charge on any atom is 0.119 e. The molecule has 0 aromatic heterocycles. The Balaban J connectivity index is 1.75. The molecule has 2 nitrogen and oxygen atoms in total. The van der Waals surface area contributed by atoms with E-state index in [4.69, 9.17) is 9.73 Å². The quantitative estimate of drug-likeness (QED) is 0.668. The van der Waals surface area contributed by atoms with Crippen LogP contribution in [0.2, 0.25) is 0 Å². The van der Waals surface area contributed by atoms with E-state index in [1.165, 1.54) is 22.3 Å². The Bertz CT molecular complexity index is 741. The molecule has 0 unspecified atom stereocenters. The Morgan fingerprint density at radius 3 is 2.71 bits per heavy atom. The van der Waals surface area contributed by atoms with Gasteiger partial charge >= 0.3 is 0 Å². The van der Waals surface area contributed by atoms with Gasteiger partial charge in [-0.1, -0.05) is 49.2 Å². The minimum absolute atomic E-state index is 0.795. The van der Waals surface area contributed by atoms with E-state index >= 15 is 0 Å². The Labute approximate surface area is 144 Å². The van der Waals surface area contributed by atoms with Crippen molar-refractivity contribution in [1.82, 2.24) is 0 Å². The molecular weight excluding hydrogens is 294 g/mol. The zero-order chi connectivity index (χ0) is 16.8. The van der Waals surface area contributed by atoms with Gasteiger partial charge in [0.2, 0.25) is 0 Å². The number of hydrogen-bond donors (Lipinski definition) is 0. The predicted molar refractivity (Wildman–Crippen MR) is 102 cm³/mol. The molecule has 2 heteroatoms. The average Bonchev–Trinajstić information content (AvgIpc) is 2.61. The number of aryl methyl sites for hydroxylation is 1. The van der Waals surface area contributed by atoms with Crippen LogP contribution in [0.25, 0.3) is 6.08 Å². The third-order valence-corrected chi connectivity index (χ3v) is 4.29. The highest BCUT2D eigenvalue weighted by molar-refractivity contribution is 6.12. The number of ether oxygens (including phenoxy) is 1. The molecule has 124 valence electrons. The molecule has 0 atom stereocenters. The predicted octanol–water partition coefficient (Wildman–Crippen LogP) is 5.23. The molecule has 2 aromatic rings. The molecule has 0 radical (unpaired) electrons. The summed E-state index contributed by atoms with van der Waals surface area (Å²) in [6.45, 7) is 5.93. The Kier molecular flexibility index (Phi) is 5.47. The van der Waals surface area contributed by atoms with Gasteiger partial charge in [0, 0.05) is 12.1 Å². The highest BCUT2D eigenvalue weighted by atomic mass is 16.5. The van der Waals surface area contributed by atoms with Crippen LogP contribution in [-0.2, 0) is 6.42 Å². The number of hydrogen-bond acceptors (Lipinski definition) is 2. The monoisotopic (exact) mass is 319 g/mol. The lowest BCUT2D eigenvalue weighted by molar-refractivity contribution is 0.309. The van der Waals surface area contributed by atoms with E-state index in [0.717, 1.165) is 43.9 Å². The van der Waals surface area contributed by atoms with Gasteiger partial charge in [0.15, 0.2) is 0 Å². The number of fused-ring (bicyclic) bond motifs is 1. The molecule has 24 heavy (non-hydrogen) atoms. The second-order valence-corrected chi connectivity index (χ2v) is 6.28. The van der Waals surface area contributed by atoms with Crippen molar-refractivity contribution in [2.24, 2.45) is 4.99 Å². The van der Waals surface area contributed by atoms with Crippen molar-refractivity contribution >= 4 is 11.8 Å². The van der Waals surface area contributed by atoms with Gasteiger partial charge in [-0.25, -0.2) is 0 Å². The zero-order valence-electron chi connectivity index (χ0n) is 14.6. The third-order valence-electron chi connectivity index (χ3n) is 4.29. The van der Waals surface area contributed by atoms with Crippen LogP contribution >= 0.6 is 0 Å². The van der Waals surface area contributed by atoms with Gasteiger partial charge in [-0.2, -0.15) is 0 Å². The van der Waals surface area contributed by atoms with Gasteiger partial charge in [-0.05, 0) is 55.2 Å². The number of aliphatic imine (C=N–C) groups is 1. The Morgan fingerprint density at radius 1 is 1.08 bits per heavy atom. The lowest BCUT2D eigenvalue weighted by atomic mass is 9.96. The molecule has 2 aromatic carbocycles. The second kappa shape index (κ2) is 7.96. The summed E-state index contributed by atoms with van der Waals surface area (Å²) >= 11 is 0. The van der Waals surface area contributed by atoms with Crippen LogP contribution in [0.3, 0.4) is 0 Å². The lowest BCUT2D eigenvalue weighted by Gasteiger charge is -2.16. The lowest BCUT2D eigenvalue weighted by Crippen LogP contribution is -2.11. The van der Waals surface area contributed by atoms with Gasteiger partial charge in [-0.15, -0.1) is 0 Å². The number of allylic oxidation sites excluding steroid dienone is 1. The number of unbranched alkanes of at least 4 members (excludes halogenated alkanes) is 1. The molecule has 1 aliphatic rings. The summed E-state index contributed by atoms with van der Waals surface area (Å²) in [4.78, 5) is 4.70. The summed E-state index contributed by atoms with van der Waals surface area (Å²) in [6.07, 6.45) is 7.51. The molecule has 1 heterocycles. The first-order valence-electron chi connectivity index (χ1n) is 8.81. The molecule has 1 aliphatic heterocycles. The summed E-state index contributed by atoms with van der Waals surface area (Å²) in [6, 6.07) is 14.9. The van der Waals surface area contributed by atoms with E-state index in [1.54, 1.807) is 0 Å². The van der Waals surface area contributed by atoms with E-state index in [0.29, 0.717) is 0 Å². The van der Waals surface area contributed by atoms with Crippen LogP contribution in [0.5, 0.6) is 5.75 Å². The van der Waals surface area contributed by atoms with Crippen LogP contribution < -0.4 is 4.74 Å². The van der Waals surface area contributed by atoms with Crippen LogP contribution in [0.15, 0.2) is 53.5 Å². The van der Waals surface area contributed by atoms with E-state index in [-0.39, 0.29) is 0 Å². The third kappa shape index (κ3) is 4.14. The summed E-state index contributed by atoms with van der Waals surface area (Å²) < 4.78 is 5.83. The molecule has 3 rings (SSSR count). The van der Waals surface area contributed by atoms with Crippen molar-refractivity contribution in [2.75, 3.05) is 13.2 Å². The van der Waals surface area contributed by atoms with Crippen molar-refractivity contribution < 1.29 is 4.74 Å². The number of benzene rings is 2. The van der Waals surface area contributed by atoms with Crippen molar-refractivity contribution in [3.05, 3.63) is 70.8 Å². The summed E-state index contributed by atoms with van der Waals surface area (Å²) in [5, 5.41) is 0. The molecule has 0 aliphatic carbocycles. The number of nitrogens with zero attached hydrogens (tertiary/aromatic N) is 1. The molecule has 0 bridgehead atoms. The Morgan fingerprint density at radius 2 is 1.92 bits per heavy atom. The van der Waals surface area contributed by atoms with Gasteiger partial charge in [-0.3, -0.25) is 4.99 Å². The van der Waals surface area contributed by atoms with E-state index < -0.39 is 0 Å². The maximum atomic E-state index is 5.83. The molecule has 0 spiro atoms. The highest BCUT2D eigenvalue weighted by Crippen LogP contribution is 2.23. The van der Waals surface area contributed by atoms with Crippen LogP contribution in [-0.4, -0.2) is 18.9 Å². The van der Waals surface area contributed by atoms with Gasteiger partial charge in [0.05, 0.1) is 12.3 Å². The molecule has 0 amide bonds. The molecular formula is C22H25NO. The Hall–Kier alpha value is -2.35. The standard InChI is InChI=1S/C22H25NO/c1-3-4-15-24-20-10-11-21-19(16-20)13-14-23-22(21)12-9-18-7-5-17(2)6-8-18/h5-12,16H,3-4,13-15H2,1-2H3/b12-9+. The fourth-order valence-corrected chi connectivity index (χ4v) is 2.83. The fourth-order valence-electron chi connectivity index (χ4n) is 2.83. The molecule has 0 saturated carbocycles. The first-order chi connectivity index (χ1) is 11.8. The fraction of sp³-hybridized carbons (Fsp3) is 0.318. The summed E-state index contributed by atoms with van der Waals surface area (Å²) in [7, 11) is 0. The average molecular weight is 319 g/mol. The smallest absolute Gasteiger partial charge is 0.119 e. The molecule has 0 fully saturated rings. The van der Waals surface area contributed by atoms with Crippen LogP contribution in [0, 0.1) is 6.92 Å². The van der Waals surface area contributed by atoms with Crippen molar-refractivity contribution in [3.63, 3.8) is 0 Å². The SMILES string of the molecule is CCCCOc1ccc2c(c1)CCN=C2/C=C/c1ccc(C)cc1. The van der Waals surface area contributed by atoms with Gasteiger partial charge < -0.3 is 4.74 Å². The highest BCUT2D eigenvalue weighted by Gasteiger charge is 2.13.